The fourth-order valence-electron chi connectivity index (χ4n) is 2.80. The summed E-state index contributed by atoms with van der Waals surface area (Å²) in [5.41, 5.74) is 1.84. The first-order valence-electron chi connectivity index (χ1n) is 8.50. The van der Waals surface area contributed by atoms with Crippen LogP contribution in [0.1, 0.15) is 10.4 Å². The van der Waals surface area contributed by atoms with Gasteiger partial charge in [0.05, 0.1) is 12.0 Å². The largest absolute Gasteiger partial charge is 0.497 e. The molecule has 1 N–H and O–H groups in total. The first-order valence-corrected chi connectivity index (χ1v) is 8.50. The number of methoxy groups -OCH3 is 1. The Kier molecular flexibility index (Phi) is 4.62. The van der Waals surface area contributed by atoms with Crippen LogP contribution in [0, 0.1) is 10.1 Å². The van der Waals surface area contributed by atoms with E-state index in [1.54, 1.807) is 42.7 Å². The predicted molar refractivity (Wildman–Crippen MR) is 105 cm³/mol. The normalized spacial score (nSPS) is 10.7. The van der Waals surface area contributed by atoms with E-state index in [9.17, 15) is 14.9 Å². The Hall–Kier alpha value is -4.27. The van der Waals surface area contributed by atoms with Crippen LogP contribution in [0.25, 0.3) is 22.6 Å². The lowest BCUT2D eigenvalue weighted by Crippen LogP contribution is -2.14. The number of anilines is 1. The molecule has 2 aromatic heterocycles. The first-order chi connectivity index (χ1) is 14.0. The summed E-state index contributed by atoms with van der Waals surface area (Å²) >= 11 is 0. The van der Waals surface area contributed by atoms with Crippen LogP contribution in [0.15, 0.2) is 65.3 Å². The number of nitro benzene ring substituents is 1. The number of rotatable bonds is 5. The highest BCUT2D eigenvalue weighted by atomic mass is 16.6. The molecule has 9 heteroatoms. The van der Waals surface area contributed by atoms with Crippen molar-refractivity contribution in [3.05, 3.63) is 76.6 Å². The number of nitro groups is 1. The molecule has 0 atom stereocenters. The zero-order valence-electron chi connectivity index (χ0n) is 15.2. The Morgan fingerprint density at radius 1 is 1.14 bits per heavy atom. The quantitative estimate of drug-likeness (QED) is 0.403. The number of carbonyl (C=O) groups excluding carboxylic acids is 1. The minimum atomic E-state index is -0.635. The lowest BCUT2D eigenvalue weighted by molar-refractivity contribution is -0.385. The minimum absolute atomic E-state index is 0.107. The molecule has 2 aromatic carbocycles. The molecule has 0 radical (unpaired) electrons. The van der Waals surface area contributed by atoms with Crippen LogP contribution in [0.5, 0.6) is 5.75 Å². The van der Waals surface area contributed by atoms with E-state index in [0.717, 1.165) is 5.56 Å². The van der Waals surface area contributed by atoms with Gasteiger partial charge in [-0.3, -0.25) is 19.9 Å². The molecule has 0 aliphatic rings. The maximum absolute atomic E-state index is 12.6. The number of pyridine rings is 1. The van der Waals surface area contributed by atoms with Crippen LogP contribution in [0.2, 0.25) is 0 Å². The Balaban J connectivity index is 1.64. The van der Waals surface area contributed by atoms with Gasteiger partial charge in [0.25, 0.3) is 11.6 Å². The van der Waals surface area contributed by atoms with E-state index >= 15 is 0 Å². The number of carbonyl (C=O) groups is 1. The molecule has 0 fully saturated rings. The number of ether oxygens (including phenoxy) is 1. The van der Waals surface area contributed by atoms with E-state index < -0.39 is 10.8 Å². The second kappa shape index (κ2) is 7.39. The lowest BCUT2D eigenvalue weighted by Gasteiger charge is -2.07. The smallest absolute Gasteiger partial charge is 0.282 e. The number of fused-ring (bicyclic) bond motifs is 1. The molecule has 9 nitrogen and oxygen atoms in total. The van der Waals surface area contributed by atoms with Crippen molar-refractivity contribution in [1.82, 2.24) is 9.97 Å². The molecule has 0 spiro atoms. The predicted octanol–water partition coefficient (Wildman–Crippen LogP) is 4.06. The topological polar surface area (TPSA) is 120 Å². The molecule has 0 aliphatic carbocycles. The summed E-state index contributed by atoms with van der Waals surface area (Å²) < 4.78 is 10.8. The van der Waals surface area contributed by atoms with Crippen molar-refractivity contribution in [2.45, 2.75) is 0 Å². The van der Waals surface area contributed by atoms with Gasteiger partial charge in [0, 0.05) is 35.8 Å². The monoisotopic (exact) mass is 390 g/mol. The maximum atomic E-state index is 12.6. The van der Waals surface area contributed by atoms with Crippen molar-refractivity contribution >= 4 is 28.4 Å². The number of hydrogen-bond acceptors (Lipinski definition) is 7. The number of benzene rings is 2. The van der Waals surface area contributed by atoms with Gasteiger partial charge in [-0.15, -0.1) is 0 Å². The van der Waals surface area contributed by atoms with Crippen molar-refractivity contribution in [3.63, 3.8) is 0 Å². The second-order valence-electron chi connectivity index (χ2n) is 6.03. The molecule has 4 aromatic rings. The summed E-state index contributed by atoms with van der Waals surface area (Å²) in [5.74, 6) is 0.131. The molecule has 144 valence electrons. The molecule has 4 rings (SSSR count). The van der Waals surface area contributed by atoms with Crippen LogP contribution >= 0.6 is 0 Å². The van der Waals surface area contributed by atoms with Gasteiger partial charge in [-0.1, -0.05) is 0 Å². The second-order valence-corrected chi connectivity index (χ2v) is 6.03. The summed E-state index contributed by atoms with van der Waals surface area (Å²) in [5, 5.41) is 13.9. The molecule has 0 unspecified atom stereocenters. The van der Waals surface area contributed by atoms with Crippen LogP contribution < -0.4 is 10.1 Å². The highest BCUT2D eigenvalue weighted by Crippen LogP contribution is 2.28. The van der Waals surface area contributed by atoms with Crippen molar-refractivity contribution in [3.8, 4) is 17.2 Å². The van der Waals surface area contributed by atoms with Gasteiger partial charge in [0.1, 0.15) is 16.8 Å². The summed E-state index contributed by atoms with van der Waals surface area (Å²) in [7, 11) is 1.42. The zero-order chi connectivity index (χ0) is 20.4. The first kappa shape index (κ1) is 18.1. The zero-order valence-corrected chi connectivity index (χ0v) is 15.2. The fourth-order valence-corrected chi connectivity index (χ4v) is 2.80. The van der Waals surface area contributed by atoms with E-state index in [2.05, 4.69) is 15.3 Å². The van der Waals surface area contributed by atoms with Crippen molar-refractivity contribution in [2.24, 2.45) is 0 Å². The molecular formula is C20H14N4O5. The molecule has 2 heterocycles. The van der Waals surface area contributed by atoms with Gasteiger partial charge in [0.2, 0.25) is 5.89 Å². The van der Waals surface area contributed by atoms with Crippen LogP contribution in [-0.2, 0) is 0 Å². The molecule has 0 saturated carbocycles. The van der Waals surface area contributed by atoms with Gasteiger partial charge in [-0.2, -0.15) is 0 Å². The van der Waals surface area contributed by atoms with E-state index in [1.807, 2.05) is 0 Å². The summed E-state index contributed by atoms with van der Waals surface area (Å²) in [6, 6.07) is 12.5. The minimum Gasteiger partial charge on any atom is -0.497 e. The molecule has 1 amide bonds. The van der Waals surface area contributed by atoms with Crippen molar-refractivity contribution in [2.75, 3.05) is 12.4 Å². The van der Waals surface area contributed by atoms with Crippen molar-refractivity contribution in [1.29, 1.82) is 0 Å². The van der Waals surface area contributed by atoms with E-state index in [-0.39, 0.29) is 11.3 Å². The average molecular weight is 390 g/mol. The van der Waals surface area contributed by atoms with Gasteiger partial charge >= 0.3 is 0 Å². The third-order valence-electron chi connectivity index (χ3n) is 4.22. The third-order valence-corrected chi connectivity index (χ3v) is 4.22. The molecule has 29 heavy (non-hydrogen) atoms. The number of amides is 1. The van der Waals surface area contributed by atoms with Gasteiger partial charge < -0.3 is 14.5 Å². The Morgan fingerprint density at radius 2 is 1.93 bits per heavy atom. The fraction of sp³-hybridized carbons (Fsp3) is 0.0500. The number of hydrogen-bond donors (Lipinski definition) is 1. The highest BCUT2D eigenvalue weighted by Gasteiger charge is 2.21. The van der Waals surface area contributed by atoms with Gasteiger partial charge in [-0.05, 0) is 36.4 Å². The average Bonchev–Trinajstić information content (AvgIpc) is 3.17. The van der Waals surface area contributed by atoms with Crippen molar-refractivity contribution < 1.29 is 18.9 Å². The van der Waals surface area contributed by atoms with Crippen LogP contribution in [-0.4, -0.2) is 27.9 Å². The Bertz CT molecular complexity index is 1220. The van der Waals surface area contributed by atoms with E-state index in [0.29, 0.717) is 28.4 Å². The Labute approximate surface area is 164 Å². The molecular weight excluding hydrogens is 376 g/mol. The van der Waals surface area contributed by atoms with Gasteiger partial charge in [-0.25, -0.2) is 4.98 Å². The van der Waals surface area contributed by atoms with Gasteiger partial charge in [0.15, 0.2) is 5.58 Å². The standard InChI is InChI=1S/C20H14N4O5/c1-28-14-3-5-17(24(26)27)15(11-14)19(25)22-13-2-4-16-18(10-13)29-20(23-16)12-6-8-21-9-7-12/h2-11H,1H3,(H,22,25). The summed E-state index contributed by atoms with van der Waals surface area (Å²) in [6.07, 6.45) is 3.27. The number of nitrogens with one attached hydrogen (secondary N) is 1. The number of oxazole rings is 1. The van der Waals surface area contributed by atoms with Crippen LogP contribution in [0.4, 0.5) is 11.4 Å². The SMILES string of the molecule is COc1ccc([N+](=O)[O-])c(C(=O)Nc2ccc3nc(-c4ccncc4)oc3c2)c1. The lowest BCUT2D eigenvalue weighted by atomic mass is 10.1. The summed E-state index contributed by atoms with van der Waals surface area (Å²) in [4.78, 5) is 31.6. The number of aromatic nitrogens is 2. The van der Waals surface area contributed by atoms with Crippen LogP contribution in [0.3, 0.4) is 0 Å². The third kappa shape index (κ3) is 3.61. The molecule has 0 aliphatic heterocycles. The molecule has 0 saturated heterocycles. The summed E-state index contributed by atoms with van der Waals surface area (Å²) in [6.45, 7) is 0. The highest BCUT2D eigenvalue weighted by molar-refractivity contribution is 6.07. The number of nitrogens with zero attached hydrogens (tertiary/aromatic N) is 3. The molecule has 0 bridgehead atoms. The Morgan fingerprint density at radius 3 is 2.66 bits per heavy atom. The maximum Gasteiger partial charge on any atom is 0.282 e. The van der Waals surface area contributed by atoms with E-state index in [1.165, 1.54) is 25.3 Å². The van der Waals surface area contributed by atoms with E-state index in [4.69, 9.17) is 9.15 Å².